The van der Waals surface area contributed by atoms with Crippen LogP contribution in [-0.2, 0) is 16.1 Å². The number of ether oxygens (including phenoxy) is 2. The Morgan fingerprint density at radius 3 is 2.33 bits per heavy atom. The van der Waals surface area contributed by atoms with E-state index in [9.17, 15) is 0 Å². The van der Waals surface area contributed by atoms with Gasteiger partial charge >= 0.3 is 0 Å². The number of hydrogen-bond donors (Lipinski definition) is 1. The fourth-order valence-corrected chi connectivity index (χ4v) is 1.11. The van der Waals surface area contributed by atoms with Crippen molar-refractivity contribution in [2.45, 2.75) is 6.61 Å². The molecule has 0 saturated carbocycles. The molecule has 0 fully saturated rings. The van der Waals surface area contributed by atoms with Gasteiger partial charge in [-0.1, -0.05) is 24.3 Å². The van der Waals surface area contributed by atoms with E-state index in [1.165, 1.54) is 0 Å². The third-order valence-electron chi connectivity index (χ3n) is 1.90. The van der Waals surface area contributed by atoms with Crippen LogP contribution >= 0.6 is 0 Å². The van der Waals surface area contributed by atoms with E-state index in [4.69, 9.17) is 14.6 Å². The smallest absolute Gasteiger partial charge is 0.0718 e. The van der Waals surface area contributed by atoms with Crippen molar-refractivity contribution in [3.05, 3.63) is 42.3 Å². The van der Waals surface area contributed by atoms with Crippen LogP contribution in [0.25, 0.3) is 0 Å². The second kappa shape index (κ2) is 7.40. The van der Waals surface area contributed by atoms with Crippen molar-refractivity contribution in [2.24, 2.45) is 0 Å². The van der Waals surface area contributed by atoms with Crippen molar-refractivity contribution in [3.63, 3.8) is 0 Å². The van der Waals surface area contributed by atoms with Crippen LogP contribution in [0.2, 0.25) is 0 Å². The number of hydrogen-bond acceptors (Lipinski definition) is 3. The first-order valence-electron chi connectivity index (χ1n) is 5.00. The largest absolute Gasteiger partial charge is 0.394 e. The maximum Gasteiger partial charge on any atom is 0.0718 e. The lowest BCUT2D eigenvalue weighted by Gasteiger charge is -2.05. The molecule has 1 aromatic rings. The molecule has 0 heterocycles. The topological polar surface area (TPSA) is 38.7 Å². The number of rotatable bonds is 7. The molecule has 0 bridgehead atoms. The van der Waals surface area contributed by atoms with Crippen LogP contribution in [0, 0.1) is 6.92 Å². The van der Waals surface area contributed by atoms with Gasteiger partial charge in [-0.15, -0.1) is 0 Å². The van der Waals surface area contributed by atoms with Crippen molar-refractivity contribution in [2.75, 3.05) is 26.4 Å². The van der Waals surface area contributed by atoms with E-state index in [0.717, 1.165) is 11.1 Å². The average Bonchev–Trinajstić information content (AvgIpc) is 2.26. The van der Waals surface area contributed by atoms with Gasteiger partial charge in [0, 0.05) is 0 Å². The molecule has 0 spiro atoms. The Balaban J connectivity index is 2.07. The average molecular weight is 209 g/mol. The first-order valence-corrected chi connectivity index (χ1v) is 5.00. The van der Waals surface area contributed by atoms with E-state index in [2.05, 4.69) is 6.92 Å². The van der Waals surface area contributed by atoms with Crippen molar-refractivity contribution in [1.29, 1.82) is 0 Å². The SMILES string of the molecule is [CH2]c1ccc(COCCOCCO)cc1. The summed E-state index contributed by atoms with van der Waals surface area (Å²) in [4.78, 5) is 0. The lowest BCUT2D eigenvalue weighted by molar-refractivity contribution is 0.0274. The standard InChI is InChI=1S/C12H17O3/c1-11-2-4-12(5-3-11)10-15-9-8-14-7-6-13/h2-5,13H,1,6-10H2. The highest BCUT2D eigenvalue weighted by molar-refractivity contribution is 5.23. The highest BCUT2D eigenvalue weighted by Crippen LogP contribution is 2.04. The molecule has 15 heavy (non-hydrogen) atoms. The lowest BCUT2D eigenvalue weighted by atomic mass is 10.2. The van der Waals surface area contributed by atoms with Gasteiger partial charge in [-0.2, -0.15) is 0 Å². The molecule has 0 saturated heterocycles. The molecule has 1 radical (unpaired) electrons. The molecule has 3 nitrogen and oxygen atoms in total. The molecule has 1 N–H and O–H groups in total. The minimum Gasteiger partial charge on any atom is -0.394 e. The molecule has 0 atom stereocenters. The van der Waals surface area contributed by atoms with Gasteiger partial charge in [0.2, 0.25) is 0 Å². The fraction of sp³-hybridized carbons (Fsp3) is 0.417. The van der Waals surface area contributed by atoms with Crippen molar-refractivity contribution >= 4 is 0 Å². The summed E-state index contributed by atoms with van der Waals surface area (Å²) in [5, 5.41) is 8.46. The first kappa shape index (κ1) is 12.2. The molecule has 0 unspecified atom stereocenters. The van der Waals surface area contributed by atoms with Gasteiger partial charge in [-0.05, 0) is 18.1 Å². The second-order valence-corrected chi connectivity index (χ2v) is 3.21. The van der Waals surface area contributed by atoms with Gasteiger partial charge in [0.05, 0.1) is 33.0 Å². The minimum absolute atomic E-state index is 0.0605. The third-order valence-corrected chi connectivity index (χ3v) is 1.90. The maximum atomic E-state index is 8.46. The molecule has 0 amide bonds. The van der Waals surface area contributed by atoms with E-state index in [-0.39, 0.29) is 6.61 Å². The van der Waals surface area contributed by atoms with Gasteiger partial charge in [0.25, 0.3) is 0 Å². The van der Waals surface area contributed by atoms with Gasteiger partial charge in [-0.25, -0.2) is 0 Å². The van der Waals surface area contributed by atoms with E-state index in [1.54, 1.807) is 0 Å². The van der Waals surface area contributed by atoms with E-state index < -0.39 is 0 Å². The van der Waals surface area contributed by atoms with Gasteiger partial charge in [0.15, 0.2) is 0 Å². The summed E-state index contributed by atoms with van der Waals surface area (Å²) in [5.74, 6) is 0. The Hall–Kier alpha value is -0.900. The number of aliphatic hydroxyl groups excluding tert-OH is 1. The Morgan fingerprint density at radius 2 is 1.67 bits per heavy atom. The minimum atomic E-state index is 0.0605. The summed E-state index contributed by atoms with van der Waals surface area (Å²) in [6.45, 7) is 5.90. The summed E-state index contributed by atoms with van der Waals surface area (Å²) in [6.07, 6.45) is 0. The summed E-state index contributed by atoms with van der Waals surface area (Å²) in [7, 11) is 0. The quantitative estimate of drug-likeness (QED) is 0.690. The summed E-state index contributed by atoms with van der Waals surface area (Å²) in [5.41, 5.74) is 2.13. The summed E-state index contributed by atoms with van der Waals surface area (Å²) >= 11 is 0. The Labute approximate surface area is 90.6 Å². The highest BCUT2D eigenvalue weighted by Gasteiger charge is 1.93. The number of aliphatic hydroxyl groups is 1. The maximum absolute atomic E-state index is 8.46. The van der Waals surface area contributed by atoms with Crippen LogP contribution in [-0.4, -0.2) is 31.5 Å². The molecule has 83 valence electrons. The van der Waals surface area contributed by atoms with E-state index in [0.29, 0.717) is 26.4 Å². The predicted octanol–water partition coefficient (Wildman–Crippen LogP) is 1.39. The van der Waals surface area contributed by atoms with Crippen molar-refractivity contribution < 1.29 is 14.6 Å². The summed E-state index contributed by atoms with van der Waals surface area (Å²) < 4.78 is 10.4. The van der Waals surface area contributed by atoms with Gasteiger partial charge in [-0.3, -0.25) is 0 Å². The Morgan fingerprint density at radius 1 is 1.00 bits per heavy atom. The Bertz CT molecular complexity index is 256. The molecule has 1 aromatic carbocycles. The van der Waals surface area contributed by atoms with Crippen LogP contribution in [0.1, 0.15) is 11.1 Å². The number of benzene rings is 1. The predicted molar refractivity (Wildman–Crippen MR) is 58.5 cm³/mol. The monoisotopic (exact) mass is 209 g/mol. The Kier molecular flexibility index (Phi) is 6.00. The van der Waals surface area contributed by atoms with Crippen LogP contribution < -0.4 is 0 Å². The lowest BCUT2D eigenvalue weighted by Crippen LogP contribution is -2.07. The van der Waals surface area contributed by atoms with Crippen LogP contribution in [0.5, 0.6) is 0 Å². The molecule has 0 aliphatic rings. The zero-order valence-electron chi connectivity index (χ0n) is 8.82. The van der Waals surface area contributed by atoms with E-state index >= 15 is 0 Å². The normalized spacial score (nSPS) is 10.5. The molecule has 0 aromatic heterocycles. The highest BCUT2D eigenvalue weighted by atomic mass is 16.5. The van der Waals surface area contributed by atoms with E-state index in [1.807, 2.05) is 24.3 Å². The zero-order valence-corrected chi connectivity index (χ0v) is 8.82. The zero-order chi connectivity index (χ0) is 10.9. The van der Waals surface area contributed by atoms with Crippen LogP contribution in [0.15, 0.2) is 24.3 Å². The van der Waals surface area contributed by atoms with Gasteiger partial charge in [0.1, 0.15) is 0 Å². The second-order valence-electron chi connectivity index (χ2n) is 3.21. The fourth-order valence-electron chi connectivity index (χ4n) is 1.11. The molecular weight excluding hydrogens is 192 g/mol. The van der Waals surface area contributed by atoms with Crippen LogP contribution in [0.3, 0.4) is 0 Å². The van der Waals surface area contributed by atoms with Crippen molar-refractivity contribution in [3.8, 4) is 0 Å². The first-order chi connectivity index (χ1) is 7.33. The molecule has 0 aliphatic heterocycles. The van der Waals surface area contributed by atoms with Crippen molar-refractivity contribution in [1.82, 2.24) is 0 Å². The van der Waals surface area contributed by atoms with Gasteiger partial charge < -0.3 is 14.6 Å². The van der Waals surface area contributed by atoms with Crippen LogP contribution in [0.4, 0.5) is 0 Å². The summed E-state index contributed by atoms with van der Waals surface area (Å²) in [6, 6.07) is 7.91. The third kappa shape index (κ3) is 5.52. The molecule has 3 heteroatoms. The molecule has 0 aliphatic carbocycles. The molecular formula is C12H17O3. The molecule has 1 rings (SSSR count).